The number of furan rings is 1. The summed E-state index contributed by atoms with van der Waals surface area (Å²) >= 11 is 3.11. The minimum atomic E-state index is -0.703. The molecule has 10 heteroatoms. The fraction of sp³-hybridized carbons (Fsp3) is 0.0667. The van der Waals surface area contributed by atoms with Gasteiger partial charge in [0.15, 0.2) is 10.4 Å². The van der Waals surface area contributed by atoms with Gasteiger partial charge in [-0.2, -0.15) is 0 Å². The molecule has 0 bridgehead atoms. The normalized spacial score (nSPS) is 13.6. The largest absolute Gasteiger partial charge is 0.444 e. The van der Waals surface area contributed by atoms with Gasteiger partial charge in [-0.3, -0.25) is 25.1 Å². The molecule has 0 atom stereocenters. The molecule has 0 radical (unpaired) electrons. The van der Waals surface area contributed by atoms with Crippen LogP contribution in [-0.4, -0.2) is 35.3 Å². The molecule has 1 aliphatic heterocycles. The monoisotopic (exact) mass is 406 g/mol. The molecule has 5 amide bonds. The predicted octanol–water partition coefficient (Wildman–Crippen LogP) is 1.49. The van der Waals surface area contributed by atoms with Crippen molar-refractivity contribution in [1.29, 1.82) is 0 Å². The molecule has 1 aromatic carbocycles. The van der Waals surface area contributed by atoms with Crippen molar-refractivity contribution in [3.63, 3.8) is 0 Å². The Bertz CT molecular complexity index is 878. The molecule has 0 unspecified atom stereocenters. The van der Waals surface area contributed by atoms with Gasteiger partial charge in [-0.15, -0.1) is 0 Å². The Morgan fingerprint density at radius 1 is 1.16 bits per heavy atom. The lowest BCUT2D eigenvalue weighted by atomic mass is 10.2. The number of imide groups is 1. The Balaban J connectivity index is 1.68. The zero-order chi connectivity index (χ0) is 18.0. The van der Waals surface area contributed by atoms with Gasteiger partial charge < -0.3 is 9.73 Å². The van der Waals surface area contributed by atoms with Gasteiger partial charge in [0, 0.05) is 11.3 Å². The number of carbonyl (C=O) groups excluding carboxylic acids is 4. The molecular weight excluding hydrogens is 396 g/mol. The first-order chi connectivity index (χ1) is 11.9. The number of urea groups is 1. The Morgan fingerprint density at radius 3 is 2.60 bits per heavy atom. The maximum atomic E-state index is 12.2. The highest BCUT2D eigenvalue weighted by Gasteiger charge is 2.28. The van der Waals surface area contributed by atoms with Crippen LogP contribution in [0.3, 0.4) is 0 Å². The van der Waals surface area contributed by atoms with Crippen LogP contribution in [0.1, 0.15) is 20.9 Å². The van der Waals surface area contributed by atoms with Crippen molar-refractivity contribution in [3.8, 4) is 0 Å². The number of carbonyl (C=O) groups is 4. The standard InChI is InChI=1S/C15H11BrN4O5/c16-11-5-4-10(25-11)14(23)17-9-3-1-2-8(6-9)13(22)19-20-7-12(21)18-15(20)24/h1-6H,7H2,(H,17,23)(H,19,22)(H,18,21,24). The van der Waals surface area contributed by atoms with Crippen LogP contribution in [0.2, 0.25) is 0 Å². The van der Waals surface area contributed by atoms with Gasteiger partial charge in [-0.05, 0) is 46.3 Å². The molecule has 2 heterocycles. The molecule has 0 aliphatic carbocycles. The third-order valence-corrected chi connectivity index (χ3v) is 3.64. The predicted molar refractivity (Wildman–Crippen MR) is 88.5 cm³/mol. The Kier molecular flexibility index (Phi) is 4.52. The number of rotatable bonds is 4. The molecule has 2 aromatic rings. The number of nitrogens with one attached hydrogen (secondary N) is 3. The third-order valence-electron chi connectivity index (χ3n) is 3.21. The third kappa shape index (κ3) is 3.86. The summed E-state index contributed by atoms with van der Waals surface area (Å²) in [5, 5.41) is 5.51. The first-order valence-corrected chi connectivity index (χ1v) is 7.81. The van der Waals surface area contributed by atoms with Crippen LogP contribution >= 0.6 is 15.9 Å². The number of hydrogen-bond acceptors (Lipinski definition) is 5. The summed E-state index contributed by atoms with van der Waals surface area (Å²) in [5.74, 6) is -1.47. The van der Waals surface area contributed by atoms with Gasteiger partial charge >= 0.3 is 6.03 Å². The first-order valence-electron chi connectivity index (χ1n) is 7.01. The molecule has 1 aromatic heterocycles. The van der Waals surface area contributed by atoms with Crippen LogP contribution in [0.15, 0.2) is 45.5 Å². The van der Waals surface area contributed by atoms with E-state index in [0.717, 1.165) is 5.01 Å². The summed E-state index contributed by atoms with van der Waals surface area (Å²) in [6, 6.07) is 8.48. The summed E-state index contributed by atoms with van der Waals surface area (Å²) in [6.45, 7) is -0.256. The Labute approximate surface area is 149 Å². The molecule has 9 nitrogen and oxygen atoms in total. The topological polar surface area (TPSA) is 121 Å². The molecule has 25 heavy (non-hydrogen) atoms. The van der Waals surface area contributed by atoms with Crippen LogP contribution in [0.4, 0.5) is 10.5 Å². The number of anilines is 1. The average molecular weight is 407 g/mol. The second-order valence-corrected chi connectivity index (χ2v) is 5.80. The number of halogens is 1. The molecule has 1 fully saturated rings. The fourth-order valence-corrected chi connectivity index (χ4v) is 2.39. The molecule has 3 N–H and O–H groups in total. The first kappa shape index (κ1) is 16.7. The molecule has 128 valence electrons. The second kappa shape index (κ2) is 6.77. The molecular formula is C15H11BrN4O5. The smallest absolute Gasteiger partial charge is 0.343 e. The number of nitrogens with zero attached hydrogens (tertiary/aromatic N) is 1. The lowest BCUT2D eigenvalue weighted by Gasteiger charge is -2.14. The van der Waals surface area contributed by atoms with E-state index in [-0.39, 0.29) is 17.9 Å². The zero-order valence-corrected chi connectivity index (χ0v) is 14.1. The van der Waals surface area contributed by atoms with Gasteiger partial charge in [-0.25, -0.2) is 9.80 Å². The van der Waals surface area contributed by atoms with E-state index in [1.807, 2.05) is 5.32 Å². The summed E-state index contributed by atoms with van der Waals surface area (Å²) in [6.07, 6.45) is 0. The van der Waals surface area contributed by atoms with Crippen molar-refractivity contribution in [1.82, 2.24) is 15.8 Å². The van der Waals surface area contributed by atoms with Crippen molar-refractivity contribution in [2.24, 2.45) is 0 Å². The van der Waals surface area contributed by atoms with E-state index >= 15 is 0 Å². The van der Waals surface area contributed by atoms with E-state index in [1.54, 1.807) is 18.2 Å². The van der Waals surface area contributed by atoms with Crippen LogP contribution < -0.4 is 16.1 Å². The number of hydrazine groups is 1. The van der Waals surface area contributed by atoms with E-state index in [4.69, 9.17) is 4.42 Å². The Morgan fingerprint density at radius 2 is 1.96 bits per heavy atom. The quantitative estimate of drug-likeness (QED) is 0.664. The van der Waals surface area contributed by atoms with Crippen molar-refractivity contribution in [3.05, 3.63) is 52.4 Å². The summed E-state index contributed by atoms with van der Waals surface area (Å²) in [4.78, 5) is 46.8. The minimum Gasteiger partial charge on any atom is -0.444 e. The zero-order valence-electron chi connectivity index (χ0n) is 12.5. The highest BCUT2D eigenvalue weighted by Crippen LogP contribution is 2.17. The van der Waals surface area contributed by atoms with Crippen molar-refractivity contribution >= 4 is 45.4 Å². The van der Waals surface area contributed by atoms with Crippen LogP contribution in [0.25, 0.3) is 0 Å². The van der Waals surface area contributed by atoms with E-state index in [0.29, 0.717) is 10.4 Å². The van der Waals surface area contributed by atoms with Gasteiger partial charge in [-0.1, -0.05) is 6.07 Å². The molecule has 0 spiro atoms. The van der Waals surface area contributed by atoms with E-state index in [9.17, 15) is 19.2 Å². The van der Waals surface area contributed by atoms with Crippen molar-refractivity contribution in [2.75, 3.05) is 11.9 Å². The van der Waals surface area contributed by atoms with Crippen LogP contribution in [-0.2, 0) is 4.79 Å². The van der Waals surface area contributed by atoms with E-state index in [2.05, 4.69) is 26.7 Å². The highest BCUT2D eigenvalue weighted by molar-refractivity contribution is 9.10. The summed E-state index contributed by atoms with van der Waals surface area (Å²) in [7, 11) is 0. The van der Waals surface area contributed by atoms with Gasteiger partial charge in [0.25, 0.3) is 11.8 Å². The van der Waals surface area contributed by atoms with Crippen LogP contribution in [0.5, 0.6) is 0 Å². The minimum absolute atomic E-state index is 0.106. The molecule has 1 saturated heterocycles. The summed E-state index contributed by atoms with van der Waals surface area (Å²) in [5.41, 5.74) is 2.88. The number of amides is 5. The maximum Gasteiger partial charge on any atom is 0.343 e. The van der Waals surface area contributed by atoms with E-state index in [1.165, 1.54) is 18.2 Å². The van der Waals surface area contributed by atoms with E-state index < -0.39 is 23.8 Å². The maximum absolute atomic E-state index is 12.2. The molecule has 3 rings (SSSR count). The Hall–Kier alpha value is -3.14. The van der Waals surface area contributed by atoms with Crippen molar-refractivity contribution < 1.29 is 23.6 Å². The lowest BCUT2D eigenvalue weighted by molar-refractivity contribution is -0.118. The average Bonchev–Trinajstić information content (AvgIpc) is 3.13. The van der Waals surface area contributed by atoms with Gasteiger partial charge in [0.1, 0.15) is 6.54 Å². The van der Waals surface area contributed by atoms with Crippen LogP contribution in [0, 0.1) is 0 Å². The van der Waals surface area contributed by atoms with Crippen molar-refractivity contribution in [2.45, 2.75) is 0 Å². The highest BCUT2D eigenvalue weighted by atomic mass is 79.9. The number of benzene rings is 1. The van der Waals surface area contributed by atoms with Gasteiger partial charge in [0.05, 0.1) is 0 Å². The molecule has 0 saturated carbocycles. The summed E-state index contributed by atoms with van der Waals surface area (Å²) < 4.78 is 5.57. The lowest BCUT2D eigenvalue weighted by Crippen LogP contribution is -2.44. The fourth-order valence-electron chi connectivity index (χ4n) is 2.09. The molecule has 1 aliphatic rings. The van der Waals surface area contributed by atoms with Gasteiger partial charge in [0.2, 0.25) is 5.91 Å². The SMILES string of the molecule is O=C1CN(NC(=O)c2cccc(NC(=O)c3ccc(Br)o3)c2)C(=O)N1. The number of hydrogen-bond donors (Lipinski definition) is 3. The second-order valence-electron chi connectivity index (χ2n) is 5.02.